The van der Waals surface area contributed by atoms with E-state index in [1.165, 1.54) is 7.11 Å². The first-order chi connectivity index (χ1) is 14.0. The molecule has 0 aliphatic carbocycles. The molecule has 2 N–H and O–H groups in total. The van der Waals surface area contributed by atoms with Gasteiger partial charge in [-0.3, -0.25) is 4.79 Å². The van der Waals surface area contributed by atoms with Crippen LogP contribution in [0.25, 0.3) is 0 Å². The van der Waals surface area contributed by atoms with E-state index in [2.05, 4.69) is 31.4 Å². The predicted molar refractivity (Wildman–Crippen MR) is 107 cm³/mol. The molecule has 0 fully saturated rings. The number of hydrogen-bond donors (Lipinski definition) is 2. The van der Waals surface area contributed by atoms with Crippen LogP contribution in [-0.2, 0) is 4.74 Å². The lowest BCUT2D eigenvalue weighted by Crippen LogP contribution is -2.15. The van der Waals surface area contributed by atoms with Crippen LogP contribution in [0.4, 0.5) is 17.3 Å². The molecule has 0 aliphatic rings. The Morgan fingerprint density at radius 1 is 1.03 bits per heavy atom. The number of methoxy groups -OCH3 is 1. The summed E-state index contributed by atoms with van der Waals surface area (Å²) >= 11 is 0. The van der Waals surface area contributed by atoms with Crippen LogP contribution in [0.5, 0.6) is 0 Å². The highest BCUT2D eigenvalue weighted by atomic mass is 16.5. The van der Waals surface area contributed by atoms with Crippen LogP contribution < -0.4 is 10.6 Å². The van der Waals surface area contributed by atoms with E-state index in [9.17, 15) is 9.59 Å². The van der Waals surface area contributed by atoms with Gasteiger partial charge in [-0.15, -0.1) is 0 Å². The Labute approximate surface area is 167 Å². The van der Waals surface area contributed by atoms with Gasteiger partial charge in [-0.05, 0) is 55.5 Å². The van der Waals surface area contributed by atoms with Crippen molar-refractivity contribution < 1.29 is 14.3 Å². The van der Waals surface area contributed by atoms with E-state index < -0.39 is 11.9 Å². The van der Waals surface area contributed by atoms with E-state index in [-0.39, 0.29) is 11.6 Å². The number of hydrogen-bond acceptors (Lipinski definition) is 7. The number of benzene rings is 2. The SMILES string of the molecule is COC(=O)c1ccc(NC(=O)c2cc(C)nc(Nc3cccc(C#N)c3)n2)cc1. The van der Waals surface area contributed by atoms with E-state index in [4.69, 9.17) is 5.26 Å². The van der Waals surface area contributed by atoms with Gasteiger partial charge < -0.3 is 15.4 Å². The number of nitriles is 1. The van der Waals surface area contributed by atoms with Gasteiger partial charge in [0.15, 0.2) is 0 Å². The number of rotatable bonds is 5. The first-order valence-corrected chi connectivity index (χ1v) is 8.61. The molecule has 0 aliphatic heterocycles. The number of nitrogens with one attached hydrogen (secondary N) is 2. The van der Waals surface area contributed by atoms with Crippen LogP contribution in [0, 0.1) is 18.3 Å². The lowest BCUT2D eigenvalue weighted by Gasteiger charge is -2.09. The third-order valence-corrected chi connectivity index (χ3v) is 3.90. The van der Waals surface area contributed by atoms with Gasteiger partial charge in [0.2, 0.25) is 5.95 Å². The van der Waals surface area contributed by atoms with Crippen molar-refractivity contribution in [2.24, 2.45) is 0 Å². The predicted octanol–water partition coefficient (Wildman–Crippen LogP) is 3.44. The molecule has 29 heavy (non-hydrogen) atoms. The zero-order valence-electron chi connectivity index (χ0n) is 15.8. The third kappa shape index (κ3) is 4.93. The number of ether oxygens (including phenoxy) is 1. The van der Waals surface area contributed by atoms with Gasteiger partial charge in [0.1, 0.15) is 5.69 Å². The van der Waals surface area contributed by atoms with Gasteiger partial charge in [-0.25, -0.2) is 14.8 Å². The molecule has 3 aromatic rings. The molecule has 0 atom stereocenters. The van der Waals surface area contributed by atoms with Gasteiger partial charge >= 0.3 is 5.97 Å². The molecule has 2 aromatic carbocycles. The average molecular weight is 387 g/mol. The molecule has 0 radical (unpaired) electrons. The second kappa shape index (κ2) is 8.63. The Balaban J connectivity index is 1.77. The average Bonchev–Trinajstić information content (AvgIpc) is 2.73. The molecule has 1 amide bonds. The number of carbonyl (C=O) groups is 2. The van der Waals surface area contributed by atoms with Crippen molar-refractivity contribution in [3.8, 4) is 6.07 Å². The molecule has 144 valence electrons. The van der Waals surface area contributed by atoms with E-state index in [1.54, 1.807) is 61.5 Å². The molecule has 1 aromatic heterocycles. The van der Waals surface area contributed by atoms with E-state index >= 15 is 0 Å². The molecular weight excluding hydrogens is 370 g/mol. The lowest BCUT2D eigenvalue weighted by molar-refractivity contribution is 0.0600. The Kier molecular flexibility index (Phi) is 5.80. The standard InChI is InChI=1S/C21H17N5O3/c1-13-10-18(19(27)24-16-8-6-15(7-9-16)20(28)29-2)26-21(23-13)25-17-5-3-4-14(11-17)12-22/h3-11H,1-2H3,(H,24,27)(H,23,25,26). The van der Waals surface area contributed by atoms with Gasteiger partial charge in [0.25, 0.3) is 5.91 Å². The van der Waals surface area contributed by atoms with Crippen LogP contribution in [0.15, 0.2) is 54.6 Å². The number of carbonyl (C=O) groups excluding carboxylic acids is 2. The molecule has 3 rings (SSSR count). The van der Waals surface area contributed by atoms with Crippen LogP contribution in [0.2, 0.25) is 0 Å². The van der Waals surface area contributed by atoms with Crippen molar-refractivity contribution in [3.05, 3.63) is 77.1 Å². The molecule has 0 saturated heterocycles. The highest BCUT2D eigenvalue weighted by molar-refractivity contribution is 6.03. The third-order valence-electron chi connectivity index (χ3n) is 3.90. The minimum absolute atomic E-state index is 0.175. The topological polar surface area (TPSA) is 117 Å². The summed E-state index contributed by atoms with van der Waals surface area (Å²) in [6.45, 7) is 1.75. The number of aryl methyl sites for hydroxylation is 1. The molecule has 0 saturated carbocycles. The number of aromatic nitrogens is 2. The van der Waals surface area contributed by atoms with Crippen molar-refractivity contribution in [2.75, 3.05) is 17.7 Å². The molecule has 0 bridgehead atoms. The normalized spacial score (nSPS) is 9.97. The van der Waals surface area contributed by atoms with Crippen molar-refractivity contribution in [2.45, 2.75) is 6.92 Å². The van der Waals surface area contributed by atoms with Crippen LogP contribution in [0.3, 0.4) is 0 Å². The monoisotopic (exact) mass is 387 g/mol. The summed E-state index contributed by atoms with van der Waals surface area (Å²) in [6, 6.07) is 16.8. The zero-order valence-corrected chi connectivity index (χ0v) is 15.8. The first-order valence-electron chi connectivity index (χ1n) is 8.61. The highest BCUT2D eigenvalue weighted by Crippen LogP contribution is 2.17. The van der Waals surface area contributed by atoms with Crippen molar-refractivity contribution in [3.63, 3.8) is 0 Å². The highest BCUT2D eigenvalue weighted by Gasteiger charge is 2.12. The summed E-state index contributed by atoms with van der Waals surface area (Å²) < 4.78 is 4.65. The first kappa shape index (κ1) is 19.5. The molecule has 0 unspecified atom stereocenters. The van der Waals surface area contributed by atoms with Crippen molar-refractivity contribution >= 4 is 29.2 Å². The summed E-state index contributed by atoms with van der Waals surface area (Å²) in [5.74, 6) is -0.632. The Hall–Kier alpha value is -4.25. The minimum atomic E-state index is -0.453. The second-order valence-electron chi connectivity index (χ2n) is 6.06. The number of nitrogens with zero attached hydrogens (tertiary/aromatic N) is 3. The minimum Gasteiger partial charge on any atom is -0.465 e. The summed E-state index contributed by atoms with van der Waals surface area (Å²) in [6.07, 6.45) is 0. The summed E-state index contributed by atoms with van der Waals surface area (Å²) in [4.78, 5) is 32.6. The fourth-order valence-corrected chi connectivity index (χ4v) is 2.54. The van der Waals surface area contributed by atoms with Crippen LogP contribution >= 0.6 is 0 Å². The number of amides is 1. The maximum absolute atomic E-state index is 12.6. The number of anilines is 3. The fraction of sp³-hybridized carbons (Fsp3) is 0.0952. The number of esters is 1. The molecule has 8 heteroatoms. The van der Waals surface area contributed by atoms with E-state index in [0.717, 1.165) is 0 Å². The summed E-state index contributed by atoms with van der Waals surface area (Å²) in [7, 11) is 1.30. The van der Waals surface area contributed by atoms with Gasteiger partial charge in [0, 0.05) is 17.1 Å². The lowest BCUT2D eigenvalue weighted by atomic mass is 10.2. The van der Waals surface area contributed by atoms with E-state index in [1.807, 2.05) is 0 Å². The van der Waals surface area contributed by atoms with E-state index in [0.29, 0.717) is 28.2 Å². The van der Waals surface area contributed by atoms with Gasteiger partial charge in [-0.2, -0.15) is 5.26 Å². The Morgan fingerprint density at radius 3 is 2.48 bits per heavy atom. The quantitative estimate of drug-likeness (QED) is 0.644. The maximum atomic E-state index is 12.6. The smallest absolute Gasteiger partial charge is 0.337 e. The van der Waals surface area contributed by atoms with Gasteiger partial charge in [0.05, 0.1) is 24.3 Å². The Bertz CT molecular complexity index is 1100. The van der Waals surface area contributed by atoms with Gasteiger partial charge in [-0.1, -0.05) is 6.07 Å². The summed E-state index contributed by atoms with van der Waals surface area (Å²) in [5.41, 5.74) is 2.80. The maximum Gasteiger partial charge on any atom is 0.337 e. The second-order valence-corrected chi connectivity index (χ2v) is 6.06. The van der Waals surface area contributed by atoms with Crippen LogP contribution in [0.1, 0.15) is 32.1 Å². The molecular formula is C21H17N5O3. The fourth-order valence-electron chi connectivity index (χ4n) is 2.54. The van der Waals surface area contributed by atoms with Crippen molar-refractivity contribution in [1.82, 2.24) is 9.97 Å². The molecule has 1 heterocycles. The zero-order chi connectivity index (χ0) is 20.8. The van der Waals surface area contributed by atoms with Crippen molar-refractivity contribution in [1.29, 1.82) is 5.26 Å². The molecule has 0 spiro atoms. The largest absolute Gasteiger partial charge is 0.465 e. The summed E-state index contributed by atoms with van der Waals surface area (Å²) in [5, 5.41) is 14.7. The Morgan fingerprint density at radius 2 is 1.79 bits per heavy atom. The van der Waals surface area contributed by atoms with Crippen LogP contribution in [-0.4, -0.2) is 29.0 Å². The molecule has 8 nitrogen and oxygen atoms in total.